The molecule has 0 amide bonds. The van der Waals surface area contributed by atoms with Gasteiger partial charge in [-0.2, -0.15) is 0 Å². The van der Waals surface area contributed by atoms with Crippen LogP contribution in [-0.4, -0.2) is 28.7 Å². The molecule has 0 N–H and O–H groups in total. The minimum atomic E-state index is 1.01. The second-order valence-corrected chi connectivity index (χ2v) is 31.2. The smallest absolute Gasteiger partial charge is 0.0702 e. The van der Waals surface area contributed by atoms with Gasteiger partial charge in [-0.15, -0.1) is 0 Å². The molecular weight excluding hydrogens is 1470 g/mol. The van der Waals surface area contributed by atoms with E-state index in [0.717, 1.165) is 33.5 Å². The zero-order chi connectivity index (χ0) is 79.9. The summed E-state index contributed by atoms with van der Waals surface area (Å²) in [6.45, 7) is 0. The fourth-order valence-corrected chi connectivity index (χ4v) is 19.5. The maximum atomic E-state index is 4.55. The van der Waals surface area contributed by atoms with Gasteiger partial charge in [-0.1, -0.05) is 309 Å². The average molecular weight is 1540 g/mol. The Morgan fingerprint density at radius 1 is 0.157 bits per heavy atom. The van der Waals surface area contributed by atoms with Gasteiger partial charge >= 0.3 is 0 Å². The van der Waals surface area contributed by atoms with Crippen molar-refractivity contribution in [3.8, 4) is 83.8 Å². The number of fused-ring (bicyclic) bond motifs is 16. The lowest BCUT2D eigenvalue weighted by Crippen LogP contribution is -1.95. The van der Waals surface area contributed by atoms with Gasteiger partial charge < -0.3 is 13.7 Å². The van der Waals surface area contributed by atoms with E-state index in [9.17, 15) is 0 Å². The molecule has 19 aromatic carbocycles. The van der Waals surface area contributed by atoms with Gasteiger partial charge in [0.05, 0.1) is 38.6 Å². The molecule has 0 unspecified atom stereocenters. The fourth-order valence-electron chi connectivity index (χ4n) is 19.5. The molecule has 0 aliphatic carbocycles. The Labute approximate surface area is 698 Å². The predicted octanol–water partition coefficient (Wildman–Crippen LogP) is 30.6. The first-order chi connectivity index (χ1) is 60.1. The Hall–Kier alpha value is -16.2. The van der Waals surface area contributed by atoms with E-state index >= 15 is 0 Å². The Bertz CT molecular complexity index is 7760. The lowest BCUT2D eigenvalue weighted by atomic mass is 9.86. The second-order valence-electron chi connectivity index (χ2n) is 31.2. The molecule has 6 heterocycles. The highest BCUT2D eigenvalue weighted by Gasteiger charge is 2.24. The maximum Gasteiger partial charge on any atom is 0.0702 e. The van der Waals surface area contributed by atoms with Crippen molar-refractivity contribution in [1.82, 2.24) is 28.7 Å². The Balaban J connectivity index is 0.000000106. The van der Waals surface area contributed by atoms with Gasteiger partial charge in [-0.05, 0) is 235 Å². The Morgan fingerprint density at radius 2 is 0.430 bits per heavy atom. The molecule has 0 radical (unpaired) electrons. The minimum Gasteiger partial charge on any atom is -0.309 e. The van der Waals surface area contributed by atoms with Crippen molar-refractivity contribution in [2.75, 3.05) is 0 Å². The van der Waals surface area contributed by atoms with Crippen LogP contribution in [0.1, 0.15) is 0 Å². The van der Waals surface area contributed by atoms with E-state index in [2.05, 4.69) is 435 Å². The van der Waals surface area contributed by atoms with Crippen LogP contribution in [0.3, 0.4) is 0 Å². The number of aromatic nitrogens is 6. The Kier molecular flexibility index (Phi) is 17.2. The monoisotopic (exact) mass is 1540 g/mol. The molecule has 6 nitrogen and oxygen atoms in total. The van der Waals surface area contributed by atoms with Crippen molar-refractivity contribution < 1.29 is 0 Å². The third-order valence-corrected chi connectivity index (χ3v) is 24.5. The number of rotatable bonds is 9. The number of benzene rings is 19. The molecular formula is C115H74N6. The summed E-state index contributed by atoms with van der Waals surface area (Å²) in [5.41, 5.74) is 26.5. The van der Waals surface area contributed by atoms with E-state index in [1.54, 1.807) is 0 Å². The van der Waals surface area contributed by atoms with Crippen LogP contribution in [0.5, 0.6) is 0 Å². The maximum absolute atomic E-state index is 4.55. The van der Waals surface area contributed by atoms with Crippen LogP contribution >= 0.6 is 0 Å². The summed E-state index contributed by atoms with van der Waals surface area (Å²) in [4.78, 5) is 13.3. The third kappa shape index (κ3) is 11.8. The van der Waals surface area contributed by atoms with Gasteiger partial charge in [0.2, 0.25) is 0 Å². The molecule has 0 saturated heterocycles. The summed E-state index contributed by atoms with van der Waals surface area (Å²) in [5, 5.41) is 23.8. The van der Waals surface area contributed by atoms with Crippen LogP contribution in [0.15, 0.2) is 450 Å². The molecule has 6 heteroatoms. The number of para-hydroxylation sites is 6. The summed E-state index contributed by atoms with van der Waals surface area (Å²) in [5.74, 6) is 0. The second kappa shape index (κ2) is 29.5. The van der Waals surface area contributed by atoms with E-state index in [1.807, 2.05) is 43.1 Å². The number of hydrogen-bond donors (Lipinski definition) is 0. The van der Waals surface area contributed by atoms with Crippen LogP contribution in [0.2, 0.25) is 0 Å². The molecule has 0 atom stereocenters. The van der Waals surface area contributed by atoms with Crippen molar-refractivity contribution in [1.29, 1.82) is 0 Å². The number of hydrogen-bond acceptors (Lipinski definition) is 3. The highest BCUT2D eigenvalue weighted by atomic mass is 15.0. The van der Waals surface area contributed by atoms with E-state index < -0.39 is 0 Å². The molecule has 25 aromatic rings. The zero-order valence-corrected chi connectivity index (χ0v) is 65.9. The van der Waals surface area contributed by atoms with Crippen molar-refractivity contribution in [2.24, 2.45) is 0 Å². The molecule has 121 heavy (non-hydrogen) atoms. The first-order valence-electron chi connectivity index (χ1n) is 41.4. The summed E-state index contributed by atoms with van der Waals surface area (Å²) >= 11 is 0. The summed E-state index contributed by atoms with van der Waals surface area (Å²) in [7, 11) is 0. The highest BCUT2D eigenvalue weighted by molar-refractivity contribution is 6.25. The molecule has 0 saturated carbocycles. The molecule has 0 fully saturated rings. The van der Waals surface area contributed by atoms with Crippen LogP contribution in [0.25, 0.3) is 225 Å². The van der Waals surface area contributed by atoms with Crippen LogP contribution < -0.4 is 0 Å². The summed E-state index contributed by atoms with van der Waals surface area (Å²) in [6.07, 6.45) is 9.41. The first kappa shape index (κ1) is 70.3. The van der Waals surface area contributed by atoms with Gasteiger partial charge in [-0.25, -0.2) is 0 Å². The van der Waals surface area contributed by atoms with Crippen LogP contribution in [0, 0.1) is 0 Å². The van der Waals surface area contributed by atoms with Gasteiger partial charge in [0, 0.05) is 91.3 Å². The molecule has 0 spiro atoms. The molecule has 0 bridgehead atoms. The normalized spacial score (nSPS) is 11.6. The highest BCUT2D eigenvalue weighted by Crippen LogP contribution is 2.49. The molecule has 25 rings (SSSR count). The van der Waals surface area contributed by atoms with E-state index in [1.165, 1.54) is 191 Å². The molecule has 0 aliphatic rings. The van der Waals surface area contributed by atoms with Gasteiger partial charge in [0.1, 0.15) is 0 Å². The molecule has 564 valence electrons. The predicted molar refractivity (Wildman–Crippen MR) is 511 cm³/mol. The van der Waals surface area contributed by atoms with Crippen molar-refractivity contribution in [3.63, 3.8) is 0 Å². The standard InChI is InChI=1S/C41H26N2.2C37H24N2/c1-3-15-35-33(13-1)40(34-14-2-4-16-36(34)41(35)29-21-24-37-28(26-29)10-9-25-42-37)27-19-22-30(23-20-27)43-38-17-7-5-11-31(38)32-12-6-8-18-39(32)43;1-3-18-32-30(16-1)36(31-17-2-4-19-33(31)37(32)26-12-10-22-38-24-26)25-11-9-13-27(23-25)39-34-20-7-5-14-28(34)29-15-6-8-21-35(29)39;1-3-16-32-30(14-1)36(25-20-22-38-23-21-25)31-15-2-4-17-33(31)37(32)26-10-9-11-27(24-26)39-34-18-7-5-12-28(34)29-13-6-8-19-35(29)39/h1-26H;2*1-24H. The van der Waals surface area contributed by atoms with Gasteiger partial charge in [0.15, 0.2) is 0 Å². The fraction of sp³-hybridized carbons (Fsp3) is 0. The molecule has 6 aromatic heterocycles. The van der Waals surface area contributed by atoms with E-state index in [-0.39, 0.29) is 0 Å². The average Bonchev–Trinajstić information content (AvgIpc) is 1.72. The van der Waals surface area contributed by atoms with E-state index in [4.69, 9.17) is 0 Å². The van der Waals surface area contributed by atoms with Crippen LogP contribution in [0.4, 0.5) is 0 Å². The zero-order valence-electron chi connectivity index (χ0n) is 65.9. The lowest BCUT2D eigenvalue weighted by Gasteiger charge is -2.18. The molecule has 0 aliphatic heterocycles. The Morgan fingerprint density at radius 3 is 0.769 bits per heavy atom. The summed E-state index contributed by atoms with van der Waals surface area (Å²) < 4.78 is 7.16. The topological polar surface area (TPSA) is 53.5 Å². The largest absolute Gasteiger partial charge is 0.309 e. The third-order valence-electron chi connectivity index (χ3n) is 24.5. The quantitative estimate of drug-likeness (QED) is 0.135. The summed E-state index contributed by atoms with van der Waals surface area (Å²) in [6, 6.07) is 151. The van der Waals surface area contributed by atoms with Crippen LogP contribution in [-0.2, 0) is 0 Å². The number of pyridine rings is 3. The van der Waals surface area contributed by atoms with E-state index in [0.29, 0.717) is 0 Å². The minimum absolute atomic E-state index is 1.01. The SMILES string of the molecule is c1cc(-c2c3ccccc3c(-c3ccncc3)c3ccccc23)cc(-n2c3ccccc3c3ccccc32)c1.c1cnc2ccc(-c3c4ccccc4c(-c4ccc(-n5c6ccccc6c6ccccc65)cc4)c4ccccc34)cc2c1.c1cncc(-c2c3ccccc3c(-c3cccc(-n4c5ccccc5c5ccccc54)c3)c3ccccc23)c1. The lowest BCUT2D eigenvalue weighted by molar-refractivity contribution is 1.18. The van der Waals surface area contributed by atoms with Crippen molar-refractivity contribution in [2.45, 2.75) is 0 Å². The van der Waals surface area contributed by atoms with Gasteiger partial charge in [0.25, 0.3) is 0 Å². The van der Waals surface area contributed by atoms with Crippen molar-refractivity contribution >= 4 is 141 Å². The van der Waals surface area contributed by atoms with Gasteiger partial charge in [-0.3, -0.25) is 15.0 Å². The number of nitrogens with zero attached hydrogens (tertiary/aromatic N) is 6. The first-order valence-corrected chi connectivity index (χ1v) is 41.4. The van der Waals surface area contributed by atoms with Crippen molar-refractivity contribution in [3.05, 3.63) is 450 Å².